The van der Waals surface area contributed by atoms with Crippen molar-refractivity contribution in [1.82, 2.24) is 15.5 Å². The number of halogens is 1. The van der Waals surface area contributed by atoms with E-state index in [-0.39, 0.29) is 5.54 Å². The molecule has 0 aliphatic heterocycles. The molecule has 0 saturated heterocycles. The second kappa shape index (κ2) is 4.23. The minimum atomic E-state index is -0.542. The molecule has 4 nitrogen and oxygen atoms in total. The molecule has 1 atom stereocenters. The summed E-state index contributed by atoms with van der Waals surface area (Å²) in [6.07, 6.45) is 3.53. The van der Waals surface area contributed by atoms with Crippen LogP contribution in [0.15, 0.2) is 18.3 Å². The van der Waals surface area contributed by atoms with Gasteiger partial charge in [-0.05, 0) is 31.4 Å². The first-order chi connectivity index (χ1) is 8.59. The number of H-pyrrole nitrogens is 1. The van der Waals surface area contributed by atoms with Crippen LogP contribution in [0, 0.1) is 0 Å². The van der Waals surface area contributed by atoms with Crippen molar-refractivity contribution in [3.8, 4) is 0 Å². The second-order valence-corrected chi connectivity index (χ2v) is 5.66. The quantitative estimate of drug-likeness (QED) is 0.796. The number of benzene rings is 1. The van der Waals surface area contributed by atoms with Gasteiger partial charge in [-0.2, -0.15) is 5.10 Å². The van der Waals surface area contributed by atoms with Crippen LogP contribution < -0.4 is 5.32 Å². The molecule has 0 unspecified atom stereocenters. The van der Waals surface area contributed by atoms with Crippen molar-refractivity contribution in [2.45, 2.75) is 31.4 Å². The van der Waals surface area contributed by atoms with Crippen molar-refractivity contribution in [2.75, 3.05) is 6.54 Å². The summed E-state index contributed by atoms with van der Waals surface area (Å²) in [5.74, 6) is 0. The number of rotatable bonds is 4. The summed E-state index contributed by atoms with van der Waals surface area (Å²) < 4.78 is 0. The van der Waals surface area contributed by atoms with Crippen LogP contribution in [0.3, 0.4) is 0 Å². The standard InChI is InChI=1S/C13H16ClN3O/c1-13(4-5-13)15-7-11(18)8-2-3-10(14)12-9(8)6-16-17-12/h2-3,6,11,15,18H,4-5,7H2,1H3,(H,16,17)/t11-/m0/s1. The molecule has 0 bridgehead atoms. The number of hydrogen-bond donors (Lipinski definition) is 3. The van der Waals surface area contributed by atoms with Crippen LogP contribution in [0.2, 0.25) is 5.02 Å². The van der Waals surface area contributed by atoms with Crippen molar-refractivity contribution in [2.24, 2.45) is 0 Å². The van der Waals surface area contributed by atoms with Gasteiger partial charge in [0.15, 0.2) is 0 Å². The third-order valence-corrected chi connectivity index (χ3v) is 3.99. The number of aromatic nitrogens is 2. The molecule has 0 amide bonds. The van der Waals surface area contributed by atoms with Crippen molar-refractivity contribution >= 4 is 22.5 Å². The zero-order chi connectivity index (χ0) is 12.8. The minimum absolute atomic E-state index is 0.225. The van der Waals surface area contributed by atoms with Gasteiger partial charge in [0.1, 0.15) is 0 Å². The Morgan fingerprint density at radius 1 is 1.56 bits per heavy atom. The molecule has 1 aromatic carbocycles. The first kappa shape index (κ1) is 12.0. The van der Waals surface area contributed by atoms with Gasteiger partial charge in [-0.1, -0.05) is 17.7 Å². The van der Waals surface area contributed by atoms with Gasteiger partial charge in [0.2, 0.25) is 0 Å². The van der Waals surface area contributed by atoms with Gasteiger partial charge in [0, 0.05) is 17.5 Å². The molecular weight excluding hydrogens is 250 g/mol. The molecule has 2 aromatic rings. The topological polar surface area (TPSA) is 60.9 Å². The highest BCUT2D eigenvalue weighted by molar-refractivity contribution is 6.35. The first-order valence-corrected chi connectivity index (χ1v) is 6.51. The van der Waals surface area contributed by atoms with Crippen LogP contribution in [0.25, 0.3) is 10.9 Å². The van der Waals surface area contributed by atoms with Crippen LogP contribution in [0.1, 0.15) is 31.4 Å². The Labute approximate surface area is 110 Å². The third-order valence-electron chi connectivity index (χ3n) is 3.68. The lowest BCUT2D eigenvalue weighted by Crippen LogP contribution is -2.32. The average molecular weight is 266 g/mol. The van der Waals surface area contributed by atoms with Gasteiger partial charge < -0.3 is 10.4 Å². The van der Waals surface area contributed by atoms with Crippen LogP contribution in [0.4, 0.5) is 0 Å². The van der Waals surface area contributed by atoms with E-state index < -0.39 is 6.10 Å². The lowest BCUT2D eigenvalue weighted by molar-refractivity contribution is 0.170. The van der Waals surface area contributed by atoms with Crippen molar-refractivity contribution in [3.63, 3.8) is 0 Å². The van der Waals surface area contributed by atoms with Crippen molar-refractivity contribution in [1.29, 1.82) is 0 Å². The summed E-state index contributed by atoms with van der Waals surface area (Å²) in [7, 11) is 0. The van der Waals surface area contributed by atoms with Crippen molar-refractivity contribution < 1.29 is 5.11 Å². The molecule has 1 fully saturated rings. The number of fused-ring (bicyclic) bond motifs is 1. The Bertz CT molecular complexity index is 577. The number of β-amino-alcohol motifs (C(OH)–C–C–N with tert-alkyl or cyclic N) is 1. The number of aliphatic hydroxyl groups is 1. The van der Waals surface area contributed by atoms with Gasteiger partial charge >= 0.3 is 0 Å². The molecule has 1 saturated carbocycles. The number of nitrogens with zero attached hydrogens (tertiary/aromatic N) is 1. The third kappa shape index (κ3) is 2.11. The monoisotopic (exact) mass is 265 g/mol. The summed E-state index contributed by atoms with van der Waals surface area (Å²) in [4.78, 5) is 0. The normalized spacial score (nSPS) is 19.1. The van der Waals surface area contributed by atoms with Crippen LogP contribution in [0.5, 0.6) is 0 Å². The molecule has 18 heavy (non-hydrogen) atoms. The summed E-state index contributed by atoms with van der Waals surface area (Å²) >= 11 is 6.07. The second-order valence-electron chi connectivity index (χ2n) is 5.25. The van der Waals surface area contributed by atoms with E-state index in [0.717, 1.165) is 16.5 Å². The molecule has 1 heterocycles. The Balaban J connectivity index is 1.84. The maximum atomic E-state index is 10.3. The van der Waals surface area contributed by atoms with E-state index in [1.807, 2.05) is 6.07 Å². The fourth-order valence-electron chi connectivity index (χ4n) is 2.13. The highest BCUT2D eigenvalue weighted by atomic mass is 35.5. The average Bonchev–Trinajstić information content (AvgIpc) is 2.90. The smallest absolute Gasteiger partial charge is 0.0921 e. The lowest BCUT2D eigenvalue weighted by atomic mass is 10.0. The first-order valence-electron chi connectivity index (χ1n) is 6.14. The molecule has 0 radical (unpaired) electrons. The molecule has 3 rings (SSSR count). The van der Waals surface area contributed by atoms with Gasteiger partial charge in [0.05, 0.1) is 22.8 Å². The summed E-state index contributed by atoms with van der Waals surface area (Å²) in [6.45, 7) is 2.73. The molecule has 1 aliphatic carbocycles. The maximum absolute atomic E-state index is 10.3. The zero-order valence-corrected chi connectivity index (χ0v) is 11.0. The SMILES string of the molecule is CC1(NC[C@H](O)c2ccc(Cl)c3[nH]ncc23)CC1. The van der Waals surface area contributed by atoms with E-state index in [2.05, 4.69) is 22.4 Å². The zero-order valence-electron chi connectivity index (χ0n) is 10.2. The molecule has 3 N–H and O–H groups in total. The molecular formula is C13H16ClN3O. The van der Waals surface area contributed by atoms with E-state index in [1.165, 1.54) is 12.8 Å². The predicted octanol–water partition coefficient (Wildman–Crippen LogP) is 2.39. The molecule has 1 aromatic heterocycles. The van der Waals surface area contributed by atoms with Crippen LogP contribution >= 0.6 is 11.6 Å². The number of aromatic amines is 1. The van der Waals surface area contributed by atoms with Gasteiger partial charge in [-0.15, -0.1) is 0 Å². The Kier molecular flexibility index (Phi) is 2.81. The Morgan fingerprint density at radius 2 is 2.33 bits per heavy atom. The fourth-order valence-corrected chi connectivity index (χ4v) is 2.34. The largest absolute Gasteiger partial charge is 0.387 e. The van der Waals surface area contributed by atoms with Gasteiger partial charge in [-0.25, -0.2) is 0 Å². The lowest BCUT2D eigenvalue weighted by Gasteiger charge is -2.17. The number of hydrogen-bond acceptors (Lipinski definition) is 3. The van der Waals surface area contributed by atoms with E-state index >= 15 is 0 Å². The van der Waals surface area contributed by atoms with Crippen LogP contribution in [-0.4, -0.2) is 27.4 Å². The summed E-state index contributed by atoms with van der Waals surface area (Å²) in [5, 5.41) is 22.0. The van der Waals surface area contributed by atoms with E-state index in [1.54, 1.807) is 12.3 Å². The van der Waals surface area contributed by atoms with Gasteiger partial charge in [0.25, 0.3) is 0 Å². The minimum Gasteiger partial charge on any atom is -0.387 e. The Morgan fingerprint density at radius 3 is 3.06 bits per heavy atom. The van der Waals surface area contributed by atoms with Gasteiger partial charge in [-0.3, -0.25) is 5.10 Å². The molecule has 1 aliphatic rings. The summed E-state index contributed by atoms with van der Waals surface area (Å²) in [6, 6.07) is 3.65. The van der Waals surface area contributed by atoms with E-state index in [9.17, 15) is 5.11 Å². The molecule has 5 heteroatoms. The Hall–Kier alpha value is -1.10. The predicted molar refractivity (Wildman–Crippen MR) is 71.7 cm³/mol. The fraction of sp³-hybridized carbons (Fsp3) is 0.462. The number of nitrogens with one attached hydrogen (secondary N) is 2. The molecule has 0 spiro atoms. The van der Waals surface area contributed by atoms with E-state index in [4.69, 9.17) is 11.6 Å². The number of aliphatic hydroxyl groups excluding tert-OH is 1. The van der Waals surface area contributed by atoms with Crippen LogP contribution in [-0.2, 0) is 0 Å². The molecule has 96 valence electrons. The highest BCUT2D eigenvalue weighted by Crippen LogP contribution is 2.35. The highest BCUT2D eigenvalue weighted by Gasteiger charge is 2.36. The van der Waals surface area contributed by atoms with E-state index in [0.29, 0.717) is 11.6 Å². The van der Waals surface area contributed by atoms with Crippen molar-refractivity contribution in [3.05, 3.63) is 28.9 Å². The summed E-state index contributed by atoms with van der Waals surface area (Å²) in [5.41, 5.74) is 1.87. The maximum Gasteiger partial charge on any atom is 0.0921 e.